The molecule has 20 heavy (non-hydrogen) atoms. The Hall–Kier alpha value is -1.14. The molecule has 0 bridgehead atoms. The van der Waals surface area contributed by atoms with E-state index in [0.29, 0.717) is 0 Å². The summed E-state index contributed by atoms with van der Waals surface area (Å²) in [6, 6.07) is -0.623. The number of aliphatic hydroxyl groups is 1. The molecule has 2 fully saturated rings. The van der Waals surface area contributed by atoms with Crippen LogP contribution in [0.15, 0.2) is 0 Å². The van der Waals surface area contributed by atoms with Gasteiger partial charge in [0.25, 0.3) is 0 Å². The van der Waals surface area contributed by atoms with Crippen molar-refractivity contribution in [2.45, 2.75) is 63.5 Å². The molecule has 6 heteroatoms. The first-order valence-electron chi connectivity index (χ1n) is 7.32. The first-order valence-corrected chi connectivity index (χ1v) is 7.32. The van der Waals surface area contributed by atoms with Crippen LogP contribution in [-0.2, 0) is 9.59 Å². The number of aliphatic carboxylic acids is 2. The maximum absolute atomic E-state index is 10.4. The summed E-state index contributed by atoms with van der Waals surface area (Å²) in [5, 5.41) is 25.9. The lowest BCUT2D eigenvalue weighted by atomic mass is 9.99. The van der Waals surface area contributed by atoms with Crippen LogP contribution in [0.1, 0.15) is 51.4 Å². The second kappa shape index (κ2) is 8.21. The first kappa shape index (κ1) is 16.9. The molecule has 0 aliphatic heterocycles. The van der Waals surface area contributed by atoms with Crippen molar-refractivity contribution in [1.29, 1.82) is 0 Å². The van der Waals surface area contributed by atoms with Gasteiger partial charge in [-0.2, -0.15) is 0 Å². The van der Waals surface area contributed by atoms with Gasteiger partial charge in [0, 0.05) is 0 Å². The molecule has 0 aromatic rings. The Kier molecular flexibility index (Phi) is 6.95. The zero-order valence-electron chi connectivity index (χ0n) is 11.7. The second-order valence-electron chi connectivity index (χ2n) is 5.74. The van der Waals surface area contributed by atoms with Crippen molar-refractivity contribution in [2.75, 3.05) is 0 Å². The van der Waals surface area contributed by atoms with Crippen molar-refractivity contribution in [2.24, 2.45) is 17.6 Å². The van der Waals surface area contributed by atoms with Crippen LogP contribution in [0, 0.1) is 11.8 Å². The van der Waals surface area contributed by atoms with E-state index >= 15 is 0 Å². The van der Waals surface area contributed by atoms with Gasteiger partial charge in [-0.1, -0.05) is 25.7 Å². The normalized spacial score (nSPS) is 22.9. The van der Waals surface area contributed by atoms with Crippen LogP contribution in [0.25, 0.3) is 0 Å². The Balaban J connectivity index is 0.000000200. The number of carbonyl (C=O) groups is 2. The van der Waals surface area contributed by atoms with Crippen LogP contribution in [0.5, 0.6) is 0 Å². The molecule has 0 saturated heterocycles. The van der Waals surface area contributed by atoms with Gasteiger partial charge in [0.05, 0.1) is 0 Å². The number of carboxylic acid groups (broad SMARTS) is 2. The summed E-state index contributed by atoms with van der Waals surface area (Å²) >= 11 is 0. The van der Waals surface area contributed by atoms with Gasteiger partial charge < -0.3 is 21.1 Å². The van der Waals surface area contributed by atoms with Gasteiger partial charge in [0.2, 0.25) is 0 Å². The molecule has 0 aromatic carbocycles. The lowest BCUT2D eigenvalue weighted by molar-refractivity contribution is -0.149. The average molecular weight is 287 g/mol. The first-order chi connectivity index (χ1) is 9.43. The highest BCUT2D eigenvalue weighted by molar-refractivity contribution is 5.73. The van der Waals surface area contributed by atoms with Crippen LogP contribution >= 0.6 is 0 Å². The van der Waals surface area contributed by atoms with Crippen molar-refractivity contribution in [3.63, 3.8) is 0 Å². The van der Waals surface area contributed by atoms with Crippen molar-refractivity contribution >= 4 is 11.9 Å². The minimum absolute atomic E-state index is 0.0116. The van der Waals surface area contributed by atoms with Crippen molar-refractivity contribution in [3.8, 4) is 0 Å². The number of hydrogen-bond acceptors (Lipinski definition) is 4. The highest BCUT2D eigenvalue weighted by atomic mass is 16.4. The largest absolute Gasteiger partial charge is 0.480 e. The molecule has 0 heterocycles. The van der Waals surface area contributed by atoms with Crippen LogP contribution < -0.4 is 5.73 Å². The molecule has 2 saturated carbocycles. The van der Waals surface area contributed by atoms with Gasteiger partial charge in [-0.15, -0.1) is 0 Å². The van der Waals surface area contributed by atoms with Crippen molar-refractivity contribution in [1.82, 2.24) is 0 Å². The predicted molar refractivity (Wildman–Crippen MR) is 73.2 cm³/mol. The Morgan fingerprint density at radius 3 is 1.60 bits per heavy atom. The summed E-state index contributed by atoms with van der Waals surface area (Å²) in [4.78, 5) is 20.6. The zero-order valence-corrected chi connectivity index (χ0v) is 11.7. The summed E-state index contributed by atoms with van der Waals surface area (Å²) in [5.41, 5.74) is 5.42. The van der Waals surface area contributed by atoms with Gasteiger partial charge in [-0.3, -0.25) is 4.79 Å². The third-order valence-corrected chi connectivity index (χ3v) is 4.29. The standard InChI is InChI=1S/C7H13NO2.C7H12O3/c2*8-6(7(9)10)5-3-1-2-4-5/h5-6H,1-4,8H2,(H,9,10);5-6,8H,1-4H2,(H,9,10)/t2*6-/m00/s1. The highest BCUT2D eigenvalue weighted by Gasteiger charge is 2.28. The predicted octanol–water partition coefficient (Wildman–Crippen LogP) is 1.21. The molecule has 5 N–H and O–H groups in total. The summed E-state index contributed by atoms with van der Waals surface area (Å²) in [5.74, 6) is -1.69. The number of nitrogens with two attached hydrogens (primary N) is 1. The number of carboxylic acids is 2. The fourth-order valence-electron chi connectivity index (χ4n) is 2.99. The minimum Gasteiger partial charge on any atom is -0.480 e. The fraction of sp³-hybridized carbons (Fsp3) is 0.857. The summed E-state index contributed by atoms with van der Waals surface area (Å²) in [7, 11) is 0. The SMILES string of the molecule is N[C@H](C(=O)O)C1CCCC1.O=C(O)[C@@H](O)C1CCCC1. The number of rotatable bonds is 4. The second-order valence-corrected chi connectivity index (χ2v) is 5.74. The van der Waals surface area contributed by atoms with Crippen LogP contribution in [0.2, 0.25) is 0 Å². The van der Waals surface area contributed by atoms with Gasteiger partial charge in [0.1, 0.15) is 6.04 Å². The van der Waals surface area contributed by atoms with E-state index in [1.54, 1.807) is 0 Å². The van der Waals surface area contributed by atoms with Crippen LogP contribution in [0.4, 0.5) is 0 Å². The van der Waals surface area contributed by atoms with E-state index in [-0.39, 0.29) is 11.8 Å². The molecule has 0 unspecified atom stereocenters. The zero-order chi connectivity index (χ0) is 15.1. The molecular weight excluding hydrogens is 262 g/mol. The molecule has 6 nitrogen and oxygen atoms in total. The average Bonchev–Trinajstić information content (AvgIpc) is 3.10. The molecule has 0 amide bonds. The lowest BCUT2D eigenvalue weighted by Crippen LogP contribution is -2.36. The monoisotopic (exact) mass is 287 g/mol. The Morgan fingerprint density at radius 2 is 1.25 bits per heavy atom. The molecule has 2 aliphatic rings. The third kappa shape index (κ3) is 5.09. The smallest absolute Gasteiger partial charge is 0.332 e. The van der Waals surface area contributed by atoms with Crippen molar-refractivity contribution < 1.29 is 24.9 Å². The fourth-order valence-corrected chi connectivity index (χ4v) is 2.99. The lowest BCUT2D eigenvalue weighted by Gasteiger charge is -2.12. The Morgan fingerprint density at radius 1 is 0.850 bits per heavy atom. The van der Waals surface area contributed by atoms with Gasteiger partial charge in [-0.05, 0) is 37.5 Å². The topological polar surface area (TPSA) is 121 Å². The van der Waals surface area contributed by atoms with E-state index in [1.807, 2.05) is 0 Å². The van der Waals surface area contributed by atoms with E-state index in [9.17, 15) is 9.59 Å². The van der Waals surface area contributed by atoms with Crippen molar-refractivity contribution in [3.05, 3.63) is 0 Å². The molecule has 2 atom stereocenters. The molecule has 116 valence electrons. The summed E-state index contributed by atoms with van der Waals surface area (Å²) < 4.78 is 0. The molecule has 2 aliphatic carbocycles. The quantitative estimate of drug-likeness (QED) is 0.616. The van der Waals surface area contributed by atoms with E-state index in [1.165, 1.54) is 0 Å². The van der Waals surface area contributed by atoms with Gasteiger partial charge in [0.15, 0.2) is 6.10 Å². The summed E-state index contributed by atoms with van der Waals surface area (Å²) in [6.45, 7) is 0. The van der Waals surface area contributed by atoms with Gasteiger partial charge in [-0.25, -0.2) is 4.79 Å². The molecule has 0 spiro atoms. The molecule has 0 radical (unpaired) electrons. The Bertz CT molecular complexity index is 290. The minimum atomic E-state index is -1.12. The van der Waals surface area contributed by atoms with Crippen LogP contribution in [-0.4, -0.2) is 39.4 Å². The van der Waals surface area contributed by atoms with E-state index in [2.05, 4.69) is 0 Å². The molecule has 2 rings (SSSR count). The number of hydrogen-bond donors (Lipinski definition) is 4. The molecular formula is C14H25NO5. The van der Waals surface area contributed by atoms with Gasteiger partial charge >= 0.3 is 11.9 Å². The highest BCUT2D eigenvalue weighted by Crippen LogP contribution is 2.27. The van der Waals surface area contributed by atoms with E-state index in [0.717, 1.165) is 51.4 Å². The van der Waals surface area contributed by atoms with E-state index < -0.39 is 24.1 Å². The van der Waals surface area contributed by atoms with Crippen LogP contribution in [0.3, 0.4) is 0 Å². The third-order valence-electron chi connectivity index (χ3n) is 4.29. The maximum atomic E-state index is 10.4. The summed E-state index contributed by atoms with van der Waals surface area (Å²) in [6.07, 6.45) is 7.02. The van der Waals surface area contributed by atoms with E-state index in [4.69, 9.17) is 21.1 Å². The molecule has 0 aromatic heterocycles. The Labute approximate surface area is 119 Å². The number of aliphatic hydroxyl groups excluding tert-OH is 1. The maximum Gasteiger partial charge on any atom is 0.332 e.